The lowest BCUT2D eigenvalue weighted by molar-refractivity contribution is 0.0823. The summed E-state index contributed by atoms with van der Waals surface area (Å²) < 4.78 is 30.5. The number of benzene rings is 1. The van der Waals surface area contributed by atoms with Crippen LogP contribution in [0.1, 0.15) is 51.0 Å². The molecule has 0 saturated heterocycles. The van der Waals surface area contributed by atoms with Gasteiger partial charge in [-0.05, 0) is 79.1 Å². The van der Waals surface area contributed by atoms with Crippen LogP contribution in [0.5, 0.6) is 0 Å². The molecule has 0 aliphatic heterocycles. The first-order chi connectivity index (χ1) is 18.1. The van der Waals surface area contributed by atoms with E-state index in [-0.39, 0.29) is 33.7 Å². The minimum atomic E-state index is -0.683. The van der Waals surface area contributed by atoms with Gasteiger partial charge in [-0.3, -0.25) is 24.1 Å². The van der Waals surface area contributed by atoms with E-state index in [1.54, 1.807) is 58.5 Å². The summed E-state index contributed by atoms with van der Waals surface area (Å²) in [5, 5.41) is 0.0926. The molecular weight excluding hydrogens is 510 g/mol. The molecule has 0 radical (unpaired) electrons. The summed E-state index contributed by atoms with van der Waals surface area (Å²) in [4.78, 5) is 35.6. The minimum absolute atomic E-state index is 0.00711. The first-order valence-corrected chi connectivity index (χ1v) is 12.5. The van der Waals surface area contributed by atoms with Gasteiger partial charge in [-0.15, -0.1) is 0 Å². The Hall–Kier alpha value is -3.91. The van der Waals surface area contributed by atoms with Crippen molar-refractivity contribution in [1.29, 1.82) is 0 Å². The molecule has 0 bridgehead atoms. The van der Waals surface area contributed by atoms with Crippen molar-refractivity contribution < 1.29 is 13.6 Å². The average molecular weight is 535 g/mol. The number of carbonyl (C=O) groups excluding carboxylic acids is 1. The molecule has 9 heteroatoms. The lowest BCUT2D eigenvalue weighted by Crippen LogP contribution is -2.23. The predicted octanol–water partition coefficient (Wildman–Crippen LogP) is 5.82. The van der Waals surface area contributed by atoms with Crippen molar-refractivity contribution in [3.05, 3.63) is 110 Å². The Bertz CT molecular complexity index is 1650. The summed E-state index contributed by atoms with van der Waals surface area (Å²) in [5.41, 5.74) is 3.31. The molecule has 194 valence electrons. The first kappa shape index (κ1) is 25.7. The fraction of sp³-hybridized carbons (Fsp3) is 0.241. The third-order valence-electron chi connectivity index (χ3n) is 6.93. The van der Waals surface area contributed by atoms with Crippen LogP contribution in [-0.2, 0) is 0 Å². The second-order valence-electron chi connectivity index (χ2n) is 9.80. The van der Waals surface area contributed by atoms with E-state index >= 15 is 4.39 Å². The van der Waals surface area contributed by atoms with E-state index in [0.29, 0.717) is 22.5 Å². The molecule has 3 aromatic heterocycles. The van der Waals surface area contributed by atoms with E-state index in [1.807, 2.05) is 6.07 Å². The summed E-state index contributed by atoms with van der Waals surface area (Å²) in [6.07, 6.45) is 5.10. The molecule has 1 fully saturated rings. The molecule has 4 aromatic rings. The SMILES string of the molecule is Cc1cnc(-c2cccc(C(=O)N(C)C)c2F)cc1-n1c(C)cc([C@H]2C[C@@H]2c2cncc(F)c2)c(Cl)c1=O. The average Bonchev–Trinajstić information content (AvgIpc) is 3.68. The Morgan fingerprint density at radius 3 is 2.55 bits per heavy atom. The van der Waals surface area contributed by atoms with Gasteiger partial charge in [0.2, 0.25) is 0 Å². The molecule has 1 amide bonds. The number of nitrogens with zero attached hydrogens (tertiary/aromatic N) is 4. The molecule has 6 nitrogen and oxygen atoms in total. The molecule has 1 aliphatic carbocycles. The van der Waals surface area contributed by atoms with Crippen molar-refractivity contribution in [2.75, 3.05) is 14.1 Å². The van der Waals surface area contributed by atoms with Gasteiger partial charge in [0.1, 0.15) is 16.7 Å². The van der Waals surface area contributed by atoms with Crippen molar-refractivity contribution in [1.82, 2.24) is 19.4 Å². The van der Waals surface area contributed by atoms with Gasteiger partial charge in [-0.2, -0.15) is 0 Å². The molecule has 1 aliphatic rings. The number of aryl methyl sites for hydroxylation is 2. The lowest BCUT2D eigenvalue weighted by atomic mass is 10.0. The van der Waals surface area contributed by atoms with Gasteiger partial charge in [0.15, 0.2) is 0 Å². The van der Waals surface area contributed by atoms with Crippen LogP contribution in [0.2, 0.25) is 5.02 Å². The quantitative estimate of drug-likeness (QED) is 0.324. The molecule has 0 spiro atoms. The standard InChI is InChI=1S/C29H25ClF2N4O2/c1-15-12-34-24(19-6-5-7-20(27(19)32)28(37)35(3)4)11-25(15)36-16(2)8-23(26(30)29(36)38)22-10-21(22)17-9-18(31)14-33-13-17/h5-9,11-14,21-22H,10H2,1-4H3/t21-,22+/m1/s1. The van der Waals surface area contributed by atoms with E-state index in [2.05, 4.69) is 9.97 Å². The third kappa shape index (κ3) is 4.49. The smallest absolute Gasteiger partial charge is 0.274 e. The summed E-state index contributed by atoms with van der Waals surface area (Å²) >= 11 is 6.62. The first-order valence-electron chi connectivity index (χ1n) is 12.1. The summed E-state index contributed by atoms with van der Waals surface area (Å²) in [5.74, 6) is -1.51. The van der Waals surface area contributed by atoms with E-state index in [9.17, 15) is 14.0 Å². The number of halogens is 3. The van der Waals surface area contributed by atoms with Gasteiger partial charge in [0.25, 0.3) is 11.5 Å². The summed E-state index contributed by atoms with van der Waals surface area (Å²) in [6.45, 7) is 3.61. The molecule has 38 heavy (non-hydrogen) atoms. The number of aromatic nitrogens is 3. The Labute approximate surface area is 223 Å². The zero-order chi connectivity index (χ0) is 27.3. The maximum atomic E-state index is 15.4. The second-order valence-corrected chi connectivity index (χ2v) is 10.2. The van der Waals surface area contributed by atoms with Crippen LogP contribution >= 0.6 is 11.6 Å². The highest BCUT2D eigenvalue weighted by Crippen LogP contribution is 2.55. The van der Waals surface area contributed by atoms with E-state index in [1.165, 1.54) is 21.6 Å². The Balaban J connectivity index is 1.55. The topological polar surface area (TPSA) is 68.1 Å². The summed E-state index contributed by atoms with van der Waals surface area (Å²) in [7, 11) is 3.11. The normalized spacial score (nSPS) is 16.4. The van der Waals surface area contributed by atoms with Crippen LogP contribution in [-0.4, -0.2) is 39.4 Å². The van der Waals surface area contributed by atoms with Gasteiger partial charge in [0.05, 0.1) is 23.1 Å². The number of rotatable bonds is 5. The molecule has 0 unspecified atom stereocenters. The lowest BCUT2D eigenvalue weighted by Gasteiger charge is -2.17. The van der Waals surface area contributed by atoms with Gasteiger partial charge in [-0.1, -0.05) is 17.7 Å². The van der Waals surface area contributed by atoms with Crippen molar-refractivity contribution >= 4 is 17.5 Å². The van der Waals surface area contributed by atoms with E-state index in [0.717, 1.165) is 18.2 Å². The maximum absolute atomic E-state index is 15.4. The number of carbonyl (C=O) groups is 1. The largest absolute Gasteiger partial charge is 0.345 e. The molecule has 0 N–H and O–H groups in total. The number of amides is 1. The van der Waals surface area contributed by atoms with Crippen LogP contribution in [0.4, 0.5) is 8.78 Å². The van der Waals surface area contributed by atoms with Crippen LogP contribution in [0.3, 0.4) is 0 Å². The molecule has 2 atom stereocenters. The molecule has 1 saturated carbocycles. The van der Waals surface area contributed by atoms with E-state index < -0.39 is 23.1 Å². The van der Waals surface area contributed by atoms with Crippen LogP contribution in [0.15, 0.2) is 59.8 Å². The molecule has 5 rings (SSSR count). The molecular formula is C29H25ClF2N4O2. The number of hydrogen-bond donors (Lipinski definition) is 0. The summed E-state index contributed by atoms with van der Waals surface area (Å²) in [6, 6.07) is 9.53. The van der Waals surface area contributed by atoms with Crippen molar-refractivity contribution in [2.24, 2.45) is 0 Å². The van der Waals surface area contributed by atoms with Crippen LogP contribution < -0.4 is 5.56 Å². The minimum Gasteiger partial charge on any atom is -0.345 e. The van der Waals surface area contributed by atoms with E-state index in [4.69, 9.17) is 11.6 Å². The van der Waals surface area contributed by atoms with Gasteiger partial charge >= 0.3 is 0 Å². The number of hydrogen-bond acceptors (Lipinski definition) is 4. The van der Waals surface area contributed by atoms with Crippen molar-refractivity contribution in [2.45, 2.75) is 32.1 Å². The maximum Gasteiger partial charge on any atom is 0.274 e. The molecule has 3 heterocycles. The van der Waals surface area contributed by atoms with Crippen LogP contribution in [0, 0.1) is 25.5 Å². The van der Waals surface area contributed by atoms with Gasteiger partial charge < -0.3 is 4.90 Å². The second kappa shape index (κ2) is 9.76. The Kier molecular flexibility index (Phi) is 6.61. The predicted molar refractivity (Wildman–Crippen MR) is 142 cm³/mol. The number of pyridine rings is 3. The highest BCUT2D eigenvalue weighted by Gasteiger charge is 2.42. The fourth-order valence-electron chi connectivity index (χ4n) is 4.88. The monoisotopic (exact) mass is 534 g/mol. The molecule has 1 aromatic carbocycles. The zero-order valence-electron chi connectivity index (χ0n) is 21.3. The fourth-order valence-corrected chi connectivity index (χ4v) is 5.16. The van der Waals surface area contributed by atoms with Gasteiger partial charge in [-0.25, -0.2) is 8.78 Å². The highest BCUT2D eigenvalue weighted by atomic mass is 35.5. The Morgan fingerprint density at radius 1 is 1.08 bits per heavy atom. The third-order valence-corrected chi connectivity index (χ3v) is 7.31. The van der Waals surface area contributed by atoms with Crippen molar-refractivity contribution in [3.8, 4) is 16.9 Å². The van der Waals surface area contributed by atoms with Gasteiger partial charge in [0, 0.05) is 37.7 Å². The zero-order valence-corrected chi connectivity index (χ0v) is 22.1. The van der Waals surface area contributed by atoms with Crippen LogP contribution in [0.25, 0.3) is 16.9 Å². The Morgan fingerprint density at radius 2 is 1.84 bits per heavy atom. The van der Waals surface area contributed by atoms with Crippen molar-refractivity contribution in [3.63, 3.8) is 0 Å². The highest BCUT2D eigenvalue weighted by molar-refractivity contribution is 6.31.